The molecule has 0 N–H and O–H groups in total. The van der Waals surface area contributed by atoms with E-state index in [-0.39, 0.29) is 5.78 Å². The summed E-state index contributed by atoms with van der Waals surface area (Å²) in [4.78, 5) is 20.9. The van der Waals surface area contributed by atoms with Gasteiger partial charge in [0.25, 0.3) is 0 Å². The molecule has 0 saturated carbocycles. The number of hydrogen-bond donors (Lipinski definition) is 0. The predicted octanol–water partition coefficient (Wildman–Crippen LogP) is 5.48. The summed E-state index contributed by atoms with van der Waals surface area (Å²) in [5.74, 6) is 2.37. The summed E-state index contributed by atoms with van der Waals surface area (Å²) in [5.41, 5.74) is 3.92. The summed E-state index contributed by atoms with van der Waals surface area (Å²) in [6, 6.07) is 17.3. The van der Waals surface area contributed by atoms with E-state index >= 15 is 0 Å². The number of benzene rings is 2. The highest BCUT2D eigenvalue weighted by Gasteiger charge is 2.10. The van der Waals surface area contributed by atoms with Gasteiger partial charge in [-0.1, -0.05) is 12.1 Å². The zero-order chi connectivity index (χ0) is 21.6. The standard InChI is InChI=1S/C26H24N2O3/c1-18-14-24-23(17-26(18)30-2)25(10-13-28-24)31-22-5-3-4-20(16-22)15-21(29)7-6-19-8-11-27-12-9-19/h3-5,8-14,16-17H,6-7,15H2,1-2H3. The number of hydrogen-bond acceptors (Lipinski definition) is 5. The van der Waals surface area contributed by atoms with Gasteiger partial charge in [-0.3, -0.25) is 14.8 Å². The van der Waals surface area contributed by atoms with Crippen LogP contribution in [0.1, 0.15) is 23.1 Å². The third-order valence-electron chi connectivity index (χ3n) is 5.19. The van der Waals surface area contributed by atoms with Crippen LogP contribution >= 0.6 is 0 Å². The Labute approximate surface area is 181 Å². The second-order valence-corrected chi connectivity index (χ2v) is 7.47. The number of methoxy groups -OCH3 is 1. The number of rotatable bonds is 8. The number of aryl methyl sites for hydroxylation is 2. The number of carbonyl (C=O) groups excluding carboxylic acids is 1. The molecule has 0 amide bonds. The molecule has 0 aliphatic carbocycles. The summed E-state index contributed by atoms with van der Waals surface area (Å²) in [7, 11) is 1.65. The van der Waals surface area contributed by atoms with Crippen molar-refractivity contribution in [1.82, 2.24) is 9.97 Å². The molecule has 0 unspecified atom stereocenters. The third kappa shape index (κ3) is 5.07. The van der Waals surface area contributed by atoms with Crippen LogP contribution in [0.4, 0.5) is 0 Å². The number of aromatic nitrogens is 2. The van der Waals surface area contributed by atoms with Crippen molar-refractivity contribution < 1.29 is 14.3 Å². The van der Waals surface area contributed by atoms with Gasteiger partial charge in [-0.15, -0.1) is 0 Å². The van der Waals surface area contributed by atoms with Gasteiger partial charge in [0.05, 0.1) is 12.6 Å². The number of ether oxygens (including phenoxy) is 2. The van der Waals surface area contributed by atoms with Crippen molar-refractivity contribution in [3.8, 4) is 17.2 Å². The Morgan fingerprint density at radius 1 is 0.935 bits per heavy atom. The summed E-state index contributed by atoms with van der Waals surface area (Å²) in [6.07, 6.45) is 6.84. The zero-order valence-corrected chi connectivity index (χ0v) is 17.7. The average molecular weight is 412 g/mol. The number of carbonyl (C=O) groups is 1. The van der Waals surface area contributed by atoms with Gasteiger partial charge in [-0.05, 0) is 72.5 Å². The van der Waals surface area contributed by atoms with Gasteiger partial charge in [-0.25, -0.2) is 0 Å². The molecule has 2 aromatic carbocycles. The highest BCUT2D eigenvalue weighted by atomic mass is 16.5. The Hall–Kier alpha value is -3.73. The molecule has 31 heavy (non-hydrogen) atoms. The smallest absolute Gasteiger partial charge is 0.138 e. The lowest BCUT2D eigenvalue weighted by Gasteiger charge is -2.12. The minimum atomic E-state index is 0.198. The molecule has 0 saturated heterocycles. The fraction of sp³-hybridized carbons (Fsp3) is 0.192. The van der Waals surface area contributed by atoms with E-state index in [0.717, 1.165) is 39.8 Å². The van der Waals surface area contributed by atoms with E-state index in [2.05, 4.69) is 9.97 Å². The molecule has 0 radical (unpaired) electrons. The molecule has 156 valence electrons. The molecule has 0 aliphatic rings. The van der Waals surface area contributed by atoms with Gasteiger partial charge in [-0.2, -0.15) is 0 Å². The second-order valence-electron chi connectivity index (χ2n) is 7.47. The van der Waals surface area contributed by atoms with E-state index in [9.17, 15) is 4.79 Å². The lowest BCUT2D eigenvalue weighted by atomic mass is 10.0. The molecule has 0 atom stereocenters. The lowest BCUT2D eigenvalue weighted by molar-refractivity contribution is -0.118. The number of pyridine rings is 2. The summed E-state index contributed by atoms with van der Waals surface area (Å²) in [6.45, 7) is 1.99. The maximum Gasteiger partial charge on any atom is 0.138 e. The van der Waals surface area contributed by atoms with Crippen LogP contribution in [-0.2, 0) is 17.6 Å². The molecule has 4 rings (SSSR count). The van der Waals surface area contributed by atoms with E-state index in [1.807, 2.05) is 61.5 Å². The average Bonchev–Trinajstić information content (AvgIpc) is 2.78. The summed E-state index contributed by atoms with van der Waals surface area (Å²) >= 11 is 0. The van der Waals surface area contributed by atoms with Crippen LogP contribution in [0.25, 0.3) is 10.9 Å². The van der Waals surface area contributed by atoms with Gasteiger partial charge >= 0.3 is 0 Å². The first kappa shape index (κ1) is 20.5. The summed E-state index contributed by atoms with van der Waals surface area (Å²) < 4.78 is 11.6. The molecule has 2 heterocycles. The zero-order valence-electron chi connectivity index (χ0n) is 17.7. The molecule has 4 aromatic rings. The Morgan fingerprint density at radius 2 is 1.77 bits per heavy atom. The third-order valence-corrected chi connectivity index (χ3v) is 5.19. The van der Waals surface area contributed by atoms with Crippen LogP contribution in [-0.4, -0.2) is 22.9 Å². The molecular weight excluding hydrogens is 388 g/mol. The van der Waals surface area contributed by atoms with Crippen molar-refractivity contribution in [2.45, 2.75) is 26.2 Å². The van der Waals surface area contributed by atoms with Crippen LogP contribution in [0, 0.1) is 6.92 Å². The fourth-order valence-corrected chi connectivity index (χ4v) is 3.56. The first-order valence-electron chi connectivity index (χ1n) is 10.2. The first-order valence-corrected chi connectivity index (χ1v) is 10.2. The maximum atomic E-state index is 12.5. The van der Waals surface area contributed by atoms with Crippen molar-refractivity contribution in [3.05, 3.63) is 89.9 Å². The fourth-order valence-electron chi connectivity index (χ4n) is 3.56. The van der Waals surface area contributed by atoms with Crippen molar-refractivity contribution in [1.29, 1.82) is 0 Å². The van der Waals surface area contributed by atoms with Crippen molar-refractivity contribution in [2.24, 2.45) is 0 Å². The van der Waals surface area contributed by atoms with E-state index < -0.39 is 0 Å². The van der Waals surface area contributed by atoms with Gasteiger partial charge in [0, 0.05) is 36.8 Å². The largest absolute Gasteiger partial charge is 0.496 e. The van der Waals surface area contributed by atoms with Crippen LogP contribution in [0.2, 0.25) is 0 Å². The maximum absolute atomic E-state index is 12.5. The highest BCUT2D eigenvalue weighted by Crippen LogP contribution is 2.33. The van der Waals surface area contributed by atoms with Crippen molar-refractivity contribution in [3.63, 3.8) is 0 Å². The normalized spacial score (nSPS) is 10.8. The molecule has 2 aromatic heterocycles. The Kier molecular flexibility index (Phi) is 6.22. The van der Waals surface area contributed by atoms with Crippen LogP contribution in [0.5, 0.6) is 17.2 Å². The molecule has 5 heteroatoms. The minimum Gasteiger partial charge on any atom is -0.496 e. The lowest BCUT2D eigenvalue weighted by Crippen LogP contribution is -2.04. The predicted molar refractivity (Wildman–Crippen MR) is 121 cm³/mol. The molecular formula is C26H24N2O3. The number of Topliss-reactive ketones (excluding diaryl/α,β-unsaturated/α-hetero) is 1. The minimum absolute atomic E-state index is 0.198. The Bertz CT molecular complexity index is 1210. The number of ketones is 1. The SMILES string of the molecule is COc1cc2c(Oc3cccc(CC(=O)CCc4ccncc4)c3)ccnc2cc1C. The number of fused-ring (bicyclic) bond motifs is 1. The number of nitrogens with zero attached hydrogens (tertiary/aromatic N) is 2. The van der Waals surface area contributed by atoms with Gasteiger partial charge < -0.3 is 9.47 Å². The highest BCUT2D eigenvalue weighted by molar-refractivity contribution is 5.87. The van der Waals surface area contributed by atoms with Gasteiger partial charge in [0.2, 0.25) is 0 Å². The Morgan fingerprint density at radius 3 is 2.58 bits per heavy atom. The van der Waals surface area contributed by atoms with Crippen molar-refractivity contribution >= 4 is 16.7 Å². The van der Waals surface area contributed by atoms with Gasteiger partial charge in [0.1, 0.15) is 23.0 Å². The molecule has 0 spiro atoms. The van der Waals surface area contributed by atoms with Crippen molar-refractivity contribution in [2.75, 3.05) is 7.11 Å². The molecule has 0 fully saturated rings. The molecule has 0 aliphatic heterocycles. The van der Waals surface area contributed by atoms with E-state index in [1.54, 1.807) is 25.7 Å². The van der Waals surface area contributed by atoms with Gasteiger partial charge in [0.15, 0.2) is 0 Å². The van der Waals surface area contributed by atoms with E-state index in [1.165, 1.54) is 0 Å². The van der Waals surface area contributed by atoms with Crippen LogP contribution < -0.4 is 9.47 Å². The topological polar surface area (TPSA) is 61.3 Å². The van der Waals surface area contributed by atoms with Crippen LogP contribution in [0.3, 0.4) is 0 Å². The molecule has 0 bridgehead atoms. The quantitative estimate of drug-likeness (QED) is 0.383. The second kappa shape index (κ2) is 9.39. The van der Waals surface area contributed by atoms with E-state index in [0.29, 0.717) is 24.3 Å². The monoisotopic (exact) mass is 412 g/mol. The first-order chi connectivity index (χ1) is 15.1. The molecule has 5 nitrogen and oxygen atoms in total. The Balaban J connectivity index is 1.48. The van der Waals surface area contributed by atoms with Crippen LogP contribution in [0.15, 0.2) is 73.2 Å². The summed E-state index contributed by atoms with van der Waals surface area (Å²) in [5, 5.41) is 0.879. The van der Waals surface area contributed by atoms with E-state index in [4.69, 9.17) is 9.47 Å².